The quantitative estimate of drug-likeness (QED) is 0.837. The normalized spacial score (nSPS) is 36.8. The summed E-state index contributed by atoms with van der Waals surface area (Å²) in [5.41, 5.74) is 7.43. The Kier molecular flexibility index (Phi) is 3.17. The van der Waals surface area contributed by atoms with E-state index in [-0.39, 0.29) is 0 Å². The molecule has 0 spiro atoms. The lowest BCUT2D eigenvalue weighted by molar-refractivity contribution is 0.339. The SMILES string of the molecule is N[C@H]1CC[C@H](N[C@@H]2CC2c2ccccc2)CC1. The van der Waals surface area contributed by atoms with Gasteiger partial charge in [-0.2, -0.15) is 0 Å². The summed E-state index contributed by atoms with van der Waals surface area (Å²) >= 11 is 0. The Balaban J connectivity index is 1.49. The summed E-state index contributed by atoms with van der Waals surface area (Å²) < 4.78 is 0. The van der Waals surface area contributed by atoms with E-state index in [4.69, 9.17) is 5.73 Å². The topological polar surface area (TPSA) is 38.0 Å². The van der Waals surface area contributed by atoms with Crippen molar-refractivity contribution in [3.8, 4) is 0 Å². The van der Waals surface area contributed by atoms with Gasteiger partial charge in [0, 0.05) is 24.0 Å². The summed E-state index contributed by atoms with van der Waals surface area (Å²) in [5.74, 6) is 0.756. The molecule has 2 heteroatoms. The molecule has 2 aliphatic rings. The first-order valence-electron chi connectivity index (χ1n) is 6.89. The maximum absolute atomic E-state index is 5.93. The number of rotatable bonds is 3. The summed E-state index contributed by atoms with van der Waals surface area (Å²) in [4.78, 5) is 0. The second-order valence-electron chi connectivity index (χ2n) is 5.64. The van der Waals surface area contributed by atoms with Gasteiger partial charge in [-0.05, 0) is 37.7 Å². The van der Waals surface area contributed by atoms with Gasteiger partial charge >= 0.3 is 0 Å². The molecule has 17 heavy (non-hydrogen) atoms. The van der Waals surface area contributed by atoms with Crippen molar-refractivity contribution >= 4 is 0 Å². The first-order chi connectivity index (χ1) is 8.33. The number of nitrogens with two attached hydrogens (primary N) is 1. The van der Waals surface area contributed by atoms with Crippen LogP contribution in [0.15, 0.2) is 30.3 Å². The lowest BCUT2D eigenvalue weighted by Gasteiger charge is -2.27. The van der Waals surface area contributed by atoms with Crippen LogP contribution in [0.3, 0.4) is 0 Å². The molecule has 0 bridgehead atoms. The van der Waals surface area contributed by atoms with Gasteiger partial charge < -0.3 is 11.1 Å². The van der Waals surface area contributed by atoms with Crippen LogP contribution >= 0.6 is 0 Å². The van der Waals surface area contributed by atoms with Gasteiger partial charge in [0.05, 0.1) is 0 Å². The first kappa shape index (κ1) is 11.2. The zero-order valence-electron chi connectivity index (χ0n) is 10.3. The summed E-state index contributed by atoms with van der Waals surface area (Å²) in [6.45, 7) is 0. The van der Waals surface area contributed by atoms with Crippen molar-refractivity contribution in [1.82, 2.24) is 5.32 Å². The molecule has 0 saturated heterocycles. The van der Waals surface area contributed by atoms with Crippen LogP contribution in [0.4, 0.5) is 0 Å². The molecule has 2 nitrogen and oxygen atoms in total. The van der Waals surface area contributed by atoms with Crippen molar-refractivity contribution in [1.29, 1.82) is 0 Å². The lowest BCUT2D eigenvalue weighted by Crippen LogP contribution is -2.38. The van der Waals surface area contributed by atoms with E-state index in [1.54, 1.807) is 0 Å². The molecule has 2 saturated carbocycles. The van der Waals surface area contributed by atoms with Crippen molar-refractivity contribution in [3.05, 3.63) is 35.9 Å². The maximum Gasteiger partial charge on any atom is 0.0145 e. The minimum Gasteiger partial charge on any atom is -0.328 e. The molecular weight excluding hydrogens is 208 g/mol. The molecule has 0 aromatic heterocycles. The number of benzene rings is 1. The van der Waals surface area contributed by atoms with E-state index in [0.29, 0.717) is 12.1 Å². The second kappa shape index (κ2) is 4.79. The third-order valence-corrected chi connectivity index (χ3v) is 4.24. The van der Waals surface area contributed by atoms with Crippen LogP contribution < -0.4 is 11.1 Å². The van der Waals surface area contributed by atoms with Gasteiger partial charge in [0.1, 0.15) is 0 Å². The Morgan fingerprint density at radius 3 is 2.41 bits per heavy atom. The highest BCUT2D eigenvalue weighted by Crippen LogP contribution is 2.41. The average Bonchev–Trinajstić information content (AvgIpc) is 3.13. The van der Waals surface area contributed by atoms with Crippen molar-refractivity contribution in [3.63, 3.8) is 0 Å². The van der Waals surface area contributed by atoms with E-state index >= 15 is 0 Å². The highest BCUT2D eigenvalue weighted by molar-refractivity contribution is 5.27. The van der Waals surface area contributed by atoms with Crippen molar-refractivity contribution in [2.75, 3.05) is 0 Å². The molecule has 2 aliphatic carbocycles. The third kappa shape index (κ3) is 2.70. The van der Waals surface area contributed by atoms with Gasteiger partial charge in [-0.1, -0.05) is 30.3 Å². The van der Waals surface area contributed by atoms with Gasteiger partial charge in [-0.25, -0.2) is 0 Å². The standard InChI is InChI=1S/C15H22N2/c16-12-6-8-13(9-7-12)17-15-10-14(15)11-4-2-1-3-5-11/h1-5,12-15,17H,6-10,16H2/t12-,13-,14?,15-/m1/s1. The largest absolute Gasteiger partial charge is 0.328 e. The molecule has 3 rings (SSSR count). The van der Waals surface area contributed by atoms with E-state index in [1.807, 2.05) is 0 Å². The van der Waals surface area contributed by atoms with Crippen LogP contribution in [0, 0.1) is 0 Å². The van der Waals surface area contributed by atoms with Gasteiger partial charge in [0.2, 0.25) is 0 Å². The fraction of sp³-hybridized carbons (Fsp3) is 0.600. The van der Waals surface area contributed by atoms with Crippen LogP contribution in [0.25, 0.3) is 0 Å². The van der Waals surface area contributed by atoms with Crippen molar-refractivity contribution in [2.24, 2.45) is 5.73 Å². The predicted molar refractivity (Wildman–Crippen MR) is 71.0 cm³/mol. The highest BCUT2D eigenvalue weighted by atomic mass is 15.0. The highest BCUT2D eigenvalue weighted by Gasteiger charge is 2.39. The molecule has 0 aliphatic heterocycles. The zero-order valence-corrected chi connectivity index (χ0v) is 10.3. The summed E-state index contributed by atoms with van der Waals surface area (Å²) in [6.07, 6.45) is 6.23. The van der Waals surface area contributed by atoms with Gasteiger partial charge in [0.25, 0.3) is 0 Å². The Morgan fingerprint density at radius 1 is 1.00 bits per heavy atom. The predicted octanol–water partition coefficient (Wildman–Crippen LogP) is 2.40. The number of hydrogen-bond donors (Lipinski definition) is 2. The van der Waals surface area contributed by atoms with Crippen molar-refractivity contribution in [2.45, 2.75) is 56.1 Å². The molecule has 3 N–H and O–H groups in total. The molecule has 2 fully saturated rings. The zero-order chi connectivity index (χ0) is 11.7. The fourth-order valence-corrected chi connectivity index (χ4v) is 3.04. The smallest absolute Gasteiger partial charge is 0.0145 e. The summed E-state index contributed by atoms with van der Waals surface area (Å²) in [6, 6.07) is 12.8. The van der Waals surface area contributed by atoms with Crippen molar-refractivity contribution < 1.29 is 0 Å². The van der Waals surface area contributed by atoms with Gasteiger partial charge in [-0.15, -0.1) is 0 Å². The molecule has 1 aromatic rings. The van der Waals surface area contributed by atoms with Crippen LogP contribution in [0.2, 0.25) is 0 Å². The average molecular weight is 230 g/mol. The van der Waals surface area contributed by atoms with Gasteiger partial charge in [0.15, 0.2) is 0 Å². The van der Waals surface area contributed by atoms with Gasteiger partial charge in [-0.3, -0.25) is 0 Å². The molecule has 1 unspecified atom stereocenters. The molecule has 92 valence electrons. The van der Waals surface area contributed by atoms with E-state index < -0.39 is 0 Å². The Bertz CT molecular complexity index is 354. The van der Waals surface area contributed by atoms with E-state index in [0.717, 1.165) is 12.0 Å². The molecule has 0 radical (unpaired) electrons. The first-order valence-corrected chi connectivity index (χ1v) is 6.89. The fourth-order valence-electron chi connectivity index (χ4n) is 3.04. The third-order valence-electron chi connectivity index (χ3n) is 4.24. The molecule has 2 atom stereocenters. The monoisotopic (exact) mass is 230 g/mol. The van der Waals surface area contributed by atoms with Crippen LogP contribution in [0.1, 0.15) is 43.6 Å². The second-order valence-corrected chi connectivity index (χ2v) is 5.64. The Hall–Kier alpha value is -0.860. The lowest BCUT2D eigenvalue weighted by atomic mass is 9.92. The number of hydrogen-bond acceptors (Lipinski definition) is 2. The van der Waals surface area contributed by atoms with E-state index in [9.17, 15) is 0 Å². The van der Waals surface area contributed by atoms with E-state index in [2.05, 4.69) is 35.6 Å². The van der Waals surface area contributed by atoms with E-state index in [1.165, 1.54) is 37.7 Å². The minimum atomic E-state index is 0.456. The molecule has 0 heterocycles. The summed E-state index contributed by atoms with van der Waals surface area (Å²) in [7, 11) is 0. The Morgan fingerprint density at radius 2 is 1.71 bits per heavy atom. The van der Waals surface area contributed by atoms with Crippen LogP contribution in [-0.4, -0.2) is 18.1 Å². The maximum atomic E-state index is 5.93. The summed E-state index contributed by atoms with van der Waals surface area (Å²) in [5, 5.41) is 3.81. The Labute approximate surface area is 104 Å². The minimum absolute atomic E-state index is 0.456. The van der Waals surface area contributed by atoms with Crippen LogP contribution in [0.5, 0.6) is 0 Å². The number of nitrogens with one attached hydrogen (secondary N) is 1. The molecular formula is C15H22N2. The molecule has 1 aromatic carbocycles. The van der Waals surface area contributed by atoms with Crippen LogP contribution in [-0.2, 0) is 0 Å². The molecule has 0 amide bonds.